The van der Waals surface area contributed by atoms with Gasteiger partial charge in [-0.05, 0) is 24.6 Å². The third-order valence-corrected chi connectivity index (χ3v) is 2.05. The molecule has 1 aromatic carbocycles. The van der Waals surface area contributed by atoms with Crippen molar-refractivity contribution in [2.75, 3.05) is 13.2 Å². The van der Waals surface area contributed by atoms with E-state index in [1.165, 1.54) is 0 Å². The Labute approximate surface area is 83.1 Å². The first-order chi connectivity index (χ1) is 6.24. The molecule has 0 radical (unpaired) electrons. The van der Waals surface area contributed by atoms with E-state index in [1.54, 1.807) is 0 Å². The molecule has 3 heteroatoms. The van der Waals surface area contributed by atoms with Gasteiger partial charge in [-0.3, -0.25) is 0 Å². The lowest BCUT2D eigenvalue weighted by atomic mass is 10.1. The van der Waals surface area contributed by atoms with Crippen LogP contribution in [0.5, 0.6) is 0 Å². The van der Waals surface area contributed by atoms with Crippen molar-refractivity contribution < 1.29 is 9.84 Å². The third-order valence-electron chi connectivity index (χ3n) is 1.80. The molecule has 1 aromatic rings. The van der Waals surface area contributed by atoms with Gasteiger partial charge in [-0.25, -0.2) is 0 Å². The van der Waals surface area contributed by atoms with Crippen LogP contribution in [-0.2, 0) is 4.74 Å². The zero-order chi connectivity index (χ0) is 9.68. The van der Waals surface area contributed by atoms with E-state index in [4.69, 9.17) is 21.4 Å². The summed E-state index contributed by atoms with van der Waals surface area (Å²) in [5.41, 5.74) is 1.07. The first-order valence-corrected chi connectivity index (χ1v) is 4.59. The van der Waals surface area contributed by atoms with E-state index in [9.17, 15) is 0 Å². The standard InChI is InChI=1S/C10H13ClO2/c1-8(13-7-6-12)9-2-4-10(11)5-3-9/h2-5,8,12H,6-7H2,1H3. The predicted molar refractivity (Wildman–Crippen MR) is 52.9 cm³/mol. The zero-order valence-corrected chi connectivity index (χ0v) is 8.29. The van der Waals surface area contributed by atoms with Crippen molar-refractivity contribution in [1.82, 2.24) is 0 Å². The first kappa shape index (κ1) is 10.5. The number of benzene rings is 1. The molecule has 0 aliphatic heterocycles. The molecular formula is C10H13ClO2. The fourth-order valence-electron chi connectivity index (χ4n) is 1.06. The minimum atomic E-state index is 0.00409. The molecule has 0 aromatic heterocycles. The molecule has 0 fully saturated rings. The van der Waals surface area contributed by atoms with Gasteiger partial charge in [0.05, 0.1) is 19.3 Å². The lowest BCUT2D eigenvalue weighted by Crippen LogP contribution is -2.04. The molecule has 0 aliphatic carbocycles. The lowest BCUT2D eigenvalue weighted by molar-refractivity contribution is 0.0385. The minimum Gasteiger partial charge on any atom is -0.394 e. The summed E-state index contributed by atoms with van der Waals surface area (Å²) in [7, 11) is 0. The van der Waals surface area contributed by atoms with Crippen LogP contribution in [-0.4, -0.2) is 18.3 Å². The Hall–Kier alpha value is -0.570. The second kappa shape index (κ2) is 5.22. The van der Waals surface area contributed by atoms with Crippen LogP contribution >= 0.6 is 11.6 Å². The molecule has 0 aliphatic rings. The molecule has 13 heavy (non-hydrogen) atoms. The van der Waals surface area contributed by atoms with E-state index in [1.807, 2.05) is 31.2 Å². The molecule has 1 N–H and O–H groups in total. The summed E-state index contributed by atoms with van der Waals surface area (Å²) < 4.78 is 5.32. The summed E-state index contributed by atoms with van der Waals surface area (Å²) in [5, 5.41) is 9.28. The first-order valence-electron chi connectivity index (χ1n) is 4.22. The second-order valence-corrected chi connectivity index (χ2v) is 3.22. The van der Waals surface area contributed by atoms with Gasteiger partial charge in [0.25, 0.3) is 0 Å². The number of aliphatic hydroxyl groups excluding tert-OH is 1. The normalized spacial score (nSPS) is 12.8. The van der Waals surface area contributed by atoms with Gasteiger partial charge in [0.15, 0.2) is 0 Å². The van der Waals surface area contributed by atoms with Crippen molar-refractivity contribution in [3.63, 3.8) is 0 Å². The number of halogens is 1. The van der Waals surface area contributed by atoms with E-state index >= 15 is 0 Å². The number of hydrogen-bond acceptors (Lipinski definition) is 2. The van der Waals surface area contributed by atoms with Crippen molar-refractivity contribution in [1.29, 1.82) is 0 Å². The molecule has 0 spiro atoms. The Morgan fingerprint density at radius 1 is 1.38 bits per heavy atom. The summed E-state index contributed by atoms with van der Waals surface area (Å²) in [6, 6.07) is 7.50. The van der Waals surface area contributed by atoms with Crippen LogP contribution in [0.3, 0.4) is 0 Å². The highest BCUT2D eigenvalue weighted by Gasteiger charge is 2.04. The Morgan fingerprint density at radius 3 is 2.54 bits per heavy atom. The van der Waals surface area contributed by atoms with E-state index < -0.39 is 0 Å². The SMILES string of the molecule is CC(OCCO)c1ccc(Cl)cc1. The highest BCUT2D eigenvalue weighted by molar-refractivity contribution is 6.30. The predicted octanol–water partition coefficient (Wildman–Crippen LogP) is 2.41. The molecular weight excluding hydrogens is 188 g/mol. The summed E-state index contributed by atoms with van der Waals surface area (Å²) in [5.74, 6) is 0. The Balaban J connectivity index is 2.55. The molecule has 0 heterocycles. The van der Waals surface area contributed by atoms with Gasteiger partial charge >= 0.3 is 0 Å². The summed E-state index contributed by atoms with van der Waals surface area (Å²) in [6.45, 7) is 2.36. The number of hydrogen-bond donors (Lipinski definition) is 1. The second-order valence-electron chi connectivity index (χ2n) is 2.79. The number of ether oxygens (including phenoxy) is 1. The zero-order valence-electron chi connectivity index (χ0n) is 7.53. The molecule has 0 saturated heterocycles. The van der Waals surface area contributed by atoms with E-state index in [0.29, 0.717) is 6.61 Å². The number of rotatable bonds is 4. The third kappa shape index (κ3) is 3.35. The van der Waals surface area contributed by atoms with Crippen LogP contribution in [0.2, 0.25) is 5.02 Å². The van der Waals surface area contributed by atoms with Crippen molar-refractivity contribution >= 4 is 11.6 Å². The maximum absolute atomic E-state index is 8.56. The maximum atomic E-state index is 8.56. The van der Waals surface area contributed by atoms with Crippen molar-refractivity contribution in [3.8, 4) is 0 Å². The van der Waals surface area contributed by atoms with Gasteiger partial charge in [-0.2, -0.15) is 0 Å². The summed E-state index contributed by atoms with van der Waals surface area (Å²) in [4.78, 5) is 0. The highest BCUT2D eigenvalue weighted by atomic mass is 35.5. The molecule has 1 atom stereocenters. The molecule has 2 nitrogen and oxygen atoms in total. The van der Waals surface area contributed by atoms with Gasteiger partial charge in [0.2, 0.25) is 0 Å². The van der Waals surface area contributed by atoms with Crippen molar-refractivity contribution in [2.24, 2.45) is 0 Å². The van der Waals surface area contributed by atoms with Crippen LogP contribution in [0, 0.1) is 0 Å². The van der Waals surface area contributed by atoms with Crippen LogP contribution in [0.1, 0.15) is 18.6 Å². The van der Waals surface area contributed by atoms with E-state index in [2.05, 4.69) is 0 Å². The largest absolute Gasteiger partial charge is 0.394 e. The van der Waals surface area contributed by atoms with Crippen LogP contribution in [0.15, 0.2) is 24.3 Å². The van der Waals surface area contributed by atoms with Gasteiger partial charge in [0.1, 0.15) is 0 Å². The van der Waals surface area contributed by atoms with Gasteiger partial charge < -0.3 is 9.84 Å². The number of aliphatic hydroxyl groups is 1. The topological polar surface area (TPSA) is 29.5 Å². The van der Waals surface area contributed by atoms with E-state index in [0.717, 1.165) is 10.6 Å². The molecule has 0 bridgehead atoms. The highest BCUT2D eigenvalue weighted by Crippen LogP contribution is 2.18. The average molecular weight is 201 g/mol. The minimum absolute atomic E-state index is 0.00409. The maximum Gasteiger partial charge on any atom is 0.0798 e. The van der Waals surface area contributed by atoms with Gasteiger partial charge in [-0.15, -0.1) is 0 Å². The summed E-state index contributed by atoms with van der Waals surface area (Å²) in [6.07, 6.45) is 0.00409. The fourth-order valence-corrected chi connectivity index (χ4v) is 1.19. The van der Waals surface area contributed by atoms with E-state index in [-0.39, 0.29) is 12.7 Å². The van der Waals surface area contributed by atoms with Crippen molar-refractivity contribution in [2.45, 2.75) is 13.0 Å². The molecule has 0 amide bonds. The van der Waals surface area contributed by atoms with Gasteiger partial charge in [-0.1, -0.05) is 23.7 Å². The summed E-state index contributed by atoms with van der Waals surface area (Å²) >= 11 is 5.74. The quantitative estimate of drug-likeness (QED) is 0.809. The molecule has 1 unspecified atom stereocenters. The average Bonchev–Trinajstić information content (AvgIpc) is 2.15. The molecule has 1 rings (SSSR count). The Morgan fingerprint density at radius 2 is 2.00 bits per heavy atom. The smallest absolute Gasteiger partial charge is 0.0798 e. The lowest BCUT2D eigenvalue weighted by Gasteiger charge is -2.12. The Bertz CT molecular complexity index is 246. The van der Waals surface area contributed by atoms with Crippen LogP contribution in [0.25, 0.3) is 0 Å². The van der Waals surface area contributed by atoms with Crippen LogP contribution < -0.4 is 0 Å². The monoisotopic (exact) mass is 200 g/mol. The van der Waals surface area contributed by atoms with Crippen molar-refractivity contribution in [3.05, 3.63) is 34.9 Å². The van der Waals surface area contributed by atoms with Crippen LogP contribution in [0.4, 0.5) is 0 Å². The molecule has 0 saturated carbocycles. The Kier molecular flexibility index (Phi) is 4.22. The van der Waals surface area contributed by atoms with Gasteiger partial charge in [0, 0.05) is 5.02 Å². The molecule has 72 valence electrons. The fraction of sp³-hybridized carbons (Fsp3) is 0.400.